The number of para-hydroxylation sites is 1. The summed E-state index contributed by atoms with van der Waals surface area (Å²) in [4.78, 5) is 15.4. The van der Waals surface area contributed by atoms with Gasteiger partial charge in [-0.2, -0.15) is 11.3 Å². The monoisotopic (exact) mass is 422 g/mol. The first-order valence-electron chi connectivity index (χ1n) is 10.0. The van der Waals surface area contributed by atoms with Gasteiger partial charge in [0.05, 0.1) is 25.8 Å². The SMILES string of the molecule is COc1cccc(C(=O)NC[C@@H](c2ccsc2)N2CCc3ccccc3C2)c1OC. The highest BCUT2D eigenvalue weighted by molar-refractivity contribution is 7.08. The Morgan fingerprint density at radius 2 is 1.93 bits per heavy atom. The van der Waals surface area contributed by atoms with Gasteiger partial charge >= 0.3 is 0 Å². The molecule has 1 aromatic heterocycles. The van der Waals surface area contributed by atoms with E-state index in [9.17, 15) is 4.79 Å². The van der Waals surface area contributed by atoms with Crippen LogP contribution in [0.25, 0.3) is 0 Å². The summed E-state index contributed by atoms with van der Waals surface area (Å²) in [6.45, 7) is 2.38. The summed E-state index contributed by atoms with van der Waals surface area (Å²) in [6.07, 6.45) is 1.02. The standard InChI is InChI=1S/C24H26N2O3S/c1-28-22-9-5-8-20(23(22)29-2)24(27)25-14-21(19-11-13-30-16-19)26-12-10-17-6-3-4-7-18(17)15-26/h3-9,11,13,16,21H,10,12,14-15H2,1-2H3,(H,25,27)/t21-/m0/s1. The Labute approximate surface area is 181 Å². The molecule has 30 heavy (non-hydrogen) atoms. The van der Waals surface area contributed by atoms with Gasteiger partial charge in [0.25, 0.3) is 5.91 Å². The molecule has 5 nitrogen and oxygen atoms in total. The zero-order valence-electron chi connectivity index (χ0n) is 17.3. The lowest BCUT2D eigenvalue weighted by Gasteiger charge is -2.35. The molecule has 3 aromatic rings. The first-order chi connectivity index (χ1) is 14.7. The van der Waals surface area contributed by atoms with Crippen LogP contribution in [0, 0.1) is 0 Å². The molecule has 0 fully saturated rings. The maximum Gasteiger partial charge on any atom is 0.255 e. The van der Waals surface area contributed by atoms with Gasteiger partial charge in [0.15, 0.2) is 11.5 Å². The van der Waals surface area contributed by atoms with E-state index in [1.54, 1.807) is 43.8 Å². The van der Waals surface area contributed by atoms with E-state index in [1.807, 2.05) is 0 Å². The molecule has 156 valence electrons. The summed E-state index contributed by atoms with van der Waals surface area (Å²) in [5, 5.41) is 7.38. The van der Waals surface area contributed by atoms with Crippen LogP contribution in [0.4, 0.5) is 0 Å². The second-order valence-electron chi connectivity index (χ2n) is 7.31. The number of nitrogens with one attached hydrogen (secondary N) is 1. The Bertz CT molecular complexity index is 1000. The van der Waals surface area contributed by atoms with Gasteiger partial charge in [-0.3, -0.25) is 9.69 Å². The van der Waals surface area contributed by atoms with E-state index in [2.05, 4.69) is 51.3 Å². The topological polar surface area (TPSA) is 50.8 Å². The molecule has 1 aliphatic rings. The molecule has 2 aromatic carbocycles. The molecule has 0 radical (unpaired) electrons. The fourth-order valence-corrected chi connectivity index (χ4v) is 4.76. The molecule has 1 atom stereocenters. The molecule has 0 bridgehead atoms. The number of hydrogen-bond acceptors (Lipinski definition) is 5. The minimum atomic E-state index is -0.164. The van der Waals surface area contributed by atoms with E-state index in [4.69, 9.17) is 9.47 Å². The highest BCUT2D eigenvalue weighted by atomic mass is 32.1. The highest BCUT2D eigenvalue weighted by Gasteiger charge is 2.26. The summed E-state index contributed by atoms with van der Waals surface area (Å²) in [6, 6.07) is 16.2. The second-order valence-corrected chi connectivity index (χ2v) is 8.09. The molecule has 0 unspecified atom stereocenters. The van der Waals surface area contributed by atoms with Crippen LogP contribution < -0.4 is 14.8 Å². The number of carbonyl (C=O) groups is 1. The molecular formula is C24H26N2O3S. The van der Waals surface area contributed by atoms with Gasteiger partial charge in [-0.05, 0) is 52.1 Å². The molecule has 1 amide bonds. The summed E-state index contributed by atoms with van der Waals surface area (Å²) in [7, 11) is 3.12. The van der Waals surface area contributed by atoms with Crippen molar-refractivity contribution in [2.75, 3.05) is 27.3 Å². The number of nitrogens with zero attached hydrogens (tertiary/aromatic N) is 1. The first-order valence-corrected chi connectivity index (χ1v) is 11.0. The maximum absolute atomic E-state index is 13.0. The molecule has 6 heteroatoms. The average Bonchev–Trinajstić information content (AvgIpc) is 3.33. The van der Waals surface area contributed by atoms with Crippen LogP contribution in [0.15, 0.2) is 59.3 Å². The van der Waals surface area contributed by atoms with Crippen LogP contribution in [0.2, 0.25) is 0 Å². The largest absolute Gasteiger partial charge is 0.493 e. The second kappa shape index (κ2) is 9.32. The van der Waals surface area contributed by atoms with Crippen molar-refractivity contribution in [1.82, 2.24) is 10.2 Å². The number of benzene rings is 2. The Morgan fingerprint density at radius 3 is 2.67 bits per heavy atom. The summed E-state index contributed by atoms with van der Waals surface area (Å²) in [5.41, 5.74) is 4.50. The van der Waals surface area contributed by atoms with Crippen LogP contribution >= 0.6 is 11.3 Å². The molecule has 1 aliphatic heterocycles. The lowest BCUT2D eigenvalue weighted by Crippen LogP contribution is -2.40. The quantitative estimate of drug-likeness (QED) is 0.617. The van der Waals surface area contributed by atoms with E-state index in [-0.39, 0.29) is 11.9 Å². The van der Waals surface area contributed by atoms with E-state index >= 15 is 0 Å². The van der Waals surface area contributed by atoms with E-state index in [0.717, 1.165) is 19.5 Å². The molecule has 0 spiro atoms. The fourth-order valence-electron chi connectivity index (χ4n) is 4.06. The molecular weight excluding hydrogens is 396 g/mol. The Morgan fingerprint density at radius 1 is 1.10 bits per heavy atom. The predicted octanol–water partition coefficient (Wildman–Crippen LogP) is 4.29. The normalized spacial score (nSPS) is 14.6. The Balaban J connectivity index is 1.52. The van der Waals surface area contributed by atoms with Gasteiger partial charge in [0.1, 0.15) is 0 Å². The first kappa shape index (κ1) is 20.4. The van der Waals surface area contributed by atoms with E-state index in [1.165, 1.54) is 16.7 Å². The van der Waals surface area contributed by atoms with Crippen molar-refractivity contribution in [2.45, 2.75) is 19.0 Å². The minimum absolute atomic E-state index is 0.116. The predicted molar refractivity (Wildman–Crippen MR) is 119 cm³/mol. The summed E-state index contributed by atoms with van der Waals surface area (Å²) in [5.74, 6) is 0.840. The maximum atomic E-state index is 13.0. The molecule has 0 saturated carbocycles. The highest BCUT2D eigenvalue weighted by Crippen LogP contribution is 2.32. The Kier molecular flexibility index (Phi) is 6.35. The molecule has 2 heterocycles. The third-order valence-electron chi connectivity index (χ3n) is 5.63. The van der Waals surface area contributed by atoms with Crippen molar-refractivity contribution in [2.24, 2.45) is 0 Å². The van der Waals surface area contributed by atoms with Crippen LogP contribution in [0.1, 0.15) is 33.1 Å². The number of thiophene rings is 1. The smallest absolute Gasteiger partial charge is 0.255 e. The van der Waals surface area contributed by atoms with Crippen LogP contribution in [0.5, 0.6) is 11.5 Å². The van der Waals surface area contributed by atoms with Gasteiger partial charge in [-0.15, -0.1) is 0 Å². The van der Waals surface area contributed by atoms with Crippen LogP contribution in [-0.2, 0) is 13.0 Å². The van der Waals surface area contributed by atoms with Crippen molar-refractivity contribution in [3.05, 3.63) is 81.5 Å². The number of hydrogen-bond donors (Lipinski definition) is 1. The third kappa shape index (κ3) is 4.20. The van der Waals surface area contributed by atoms with Gasteiger partial charge in [-0.1, -0.05) is 30.3 Å². The minimum Gasteiger partial charge on any atom is -0.493 e. The number of rotatable bonds is 7. The van der Waals surface area contributed by atoms with Crippen molar-refractivity contribution in [1.29, 1.82) is 0 Å². The van der Waals surface area contributed by atoms with Crippen LogP contribution in [0.3, 0.4) is 0 Å². The van der Waals surface area contributed by atoms with Crippen LogP contribution in [-0.4, -0.2) is 38.1 Å². The number of methoxy groups -OCH3 is 2. The zero-order valence-corrected chi connectivity index (χ0v) is 18.1. The van der Waals surface area contributed by atoms with Crippen molar-refractivity contribution in [3.63, 3.8) is 0 Å². The molecule has 0 saturated heterocycles. The fraction of sp³-hybridized carbons (Fsp3) is 0.292. The Hall–Kier alpha value is -2.83. The number of fused-ring (bicyclic) bond motifs is 1. The van der Waals surface area contributed by atoms with Crippen molar-refractivity contribution >= 4 is 17.2 Å². The molecule has 1 N–H and O–H groups in total. The van der Waals surface area contributed by atoms with E-state index in [0.29, 0.717) is 23.6 Å². The van der Waals surface area contributed by atoms with Crippen molar-refractivity contribution < 1.29 is 14.3 Å². The van der Waals surface area contributed by atoms with Gasteiger partial charge in [0.2, 0.25) is 0 Å². The zero-order chi connectivity index (χ0) is 20.9. The molecule has 0 aliphatic carbocycles. The van der Waals surface area contributed by atoms with Gasteiger partial charge in [-0.25, -0.2) is 0 Å². The lowest BCUT2D eigenvalue weighted by molar-refractivity contribution is 0.0924. The lowest BCUT2D eigenvalue weighted by atomic mass is 9.97. The van der Waals surface area contributed by atoms with Gasteiger partial charge < -0.3 is 14.8 Å². The average molecular weight is 423 g/mol. The summed E-state index contributed by atoms with van der Waals surface area (Å²) < 4.78 is 10.8. The molecule has 4 rings (SSSR count). The van der Waals surface area contributed by atoms with Crippen molar-refractivity contribution in [3.8, 4) is 11.5 Å². The van der Waals surface area contributed by atoms with Gasteiger partial charge in [0, 0.05) is 19.6 Å². The number of ether oxygens (including phenoxy) is 2. The van der Waals surface area contributed by atoms with E-state index < -0.39 is 0 Å². The number of carbonyl (C=O) groups excluding carboxylic acids is 1. The third-order valence-corrected chi connectivity index (χ3v) is 6.33. The summed E-state index contributed by atoms with van der Waals surface area (Å²) >= 11 is 1.68. The number of amides is 1.